The highest BCUT2D eigenvalue weighted by molar-refractivity contribution is 6.30. The van der Waals surface area contributed by atoms with Gasteiger partial charge in [-0.2, -0.15) is 5.10 Å². The molecule has 3 heterocycles. The van der Waals surface area contributed by atoms with Gasteiger partial charge in [-0.25, -0.2) is 19.0 Å². The standard InChI is InChI=1S/C22H20ClFN6/c1-15-20-21(29-12-10-28(11-13-29)18-6-2-16(23)3-7-18)25-14-26-22(20)30(27-15)19-8-4-17(24)5-9-19/h2-9,14H,10-13H2,1H3. The van der Waals surface area contributed by atoms with Crippen LogP contribution in [0.15, 0.2) is 54.9 Å². The fourth-order valence-electron chi connectivity index (χ4n) is 3.93. The molecule has 30 heavy (non-hydrogen) atoms. The second kappa shape index (κ2) is 7.57. The topological polar surface area (TPSA) is 50.1 Å². The molecule has 4 aromatic rings. The molecule has 1 aliphatic rings. The lowest BCUT2D eigenvalue weighted by Crippen LogP contribution is -2.46. The van der Waals surface area contributed by atoms with Gasteiger partial charge in [0.2, 0.25) is 0 Å². The van der Waals surface area contributed by atoms with E-state index < -0.39 is 0 Å². The molecule has 2 aromatic carbocycles. The molecule has 1 fully saturated rings. The second-order valence-corrected chi connectivity index (χ2v) is 7.76. The molecule has 2 aromatic heterocycles. The maximum absolute atomic E-state index is 13.3. The van der Waals surface area contributed by atoms with E-state index in [1.165, 1.54) is 17.8 Å². The predicted molar refractivity (Wildman–Crippen MR) is 117 cm³/mol. The Morgan fingerprint density at radius 3 is 2.17 bits per heavy atom. The van der Waals surface area contributed by atoms with Gasteiger partial charge >= 0.3 is 0 Å². The molecule has 0 unspecified atom stereocenters. The van der Waals surface area contributed by atoms with Crippen molar-refractivity contribution in [2.24, 2.45) is 0 Å². The molecular formula is C22H20ClFN6. The SMILES string of the molecule is Cc1nn(-c2ccc(F)cc2)c2ncnc(N3CCN(c4ccc(Cl)cc4)CC3)c12. The zero-order valence-corrected chi connectivity index (χ0v) is 17.2. The van der Waals surface area contributed by atoms with E-state index in [-0.39, 0.29) is 5.82 Å². The zero-order valence-electron chi connectivity index (χ0n) is 16.5. The summed E-state index contributed by atoms with van der Waals surface area (Å²) in [6.45, 7) is 5.42. The largest absolute Gasteiger partial charge is 0.368 e. The first kappa shape index (κ1) is 18.8. The Hall–Kier alpha value is -3.19. The molecule has 0 bridgehead atoms. The summed E-state index contributed by atoms with van der Waals surface area (Å²) in [5.74, 6) is 0.613. The zero-order chi connectivity index (χ0) is 20.7. The number of rotatable bonds is 3. The van der Waals surface area contributed by atoms with Gasteiger partial charge in [0.15, 0.2) is 5.65 Å². The van der Waals surface area contributed by atoms with E-state index in [1.54, 1.807) is 23.1 Å². The lowest BCUT2D eigenvalue weighted by atomic mass is 10.2. The molecule has 8 heteroatoms. The van der Waals surface area contributed by atoms with E-state index in [0.717, 1.165) is 59.4 Å². The number of halogens is 2. The van der Waals surface area contributed by atoms with Crippen LogP contribution in [0.1, 0.15) is 5.69 Å². The van der Waals surface area contributed by atoms with Gasteiger partial charge in [0.1, 0.15) is 18.0 Å². The second-order valence-electron chi connectivity index (χ2n) is 7.32. The van der Waals surface area contributed by atoms with Gasteiger partial charge in [-0.05, 0) is 55.5 Å². The van der Waals surface area contributed by atoms with Gasteiger partial charge in [0.05, 0.1) is 16.8 Å². The Morgan fingerprint density at radius 1 is 0.833 bits per heavy atom. The van der Waals surface area contributed by atoms with Crippen LogP contribution < -0.4 is 9.80 Å². The molecule has 0 N–H and O–H groups in total. The highest BCUT2D eigenvalue weighted by atomic mass is 35.5. The summed E-state index contributed by atoms with van der Waals surface area (Å²) >= 11 is 6.01. The molecule has 0 atom stereocenters. The third-order valence-corrected chi connectivity index (χ3v) is 5.71. The van der Waals surface area contributed by atoms with Gasteiger partial charge in [-0.1, -0.05) is 11.6 Å². The molecule has 1 saturated heterocycles. The summed E-state index contributed by atoms with van der Waals surface area (Å²) in [5.41, 5.74) is 3.52. The van der Waals surface area contributed by atoms with Gasteiger partial charge < -0.3 is 9.80 Å². The van der Waals surface area contributed by atoms with Gasteiger partial charge in [0.25, 0.3) is 0 Å². The third-order valence-electron chi connectivity index (χ3n) is 5.46. The minimum absolute atomic E-state index is 0.277. The van der Waals surface area contributed by atoms with Crippen molar-refractivity contribution in [3.05, 3.63) is 71.4 Å². The van der Waals surface area contributed by atoms with Crippen LogP contribution in [0.4, 0.5) is 15.9 Å². The normalized spacial score (nSPS) is 14.5. The summed E-state index contributed by atoms with van der Waals surface area (Å²) in [5, 5.41) is 6.34. The summed E-state index contributed by atoms with van der Waals surface area (Å²) in [6, 6.07) is 14.2. The van der Waals surface area contributed by atoms with Crippen molar-refractivity contribution in [1.29, 1.82) is 0 Å². The maximum Gasteiger partial charge on any atom is 0.168 e. The minimum atomic E-state index is -0.277. The van der Waals surface area contributed by atoms with Crippen LogP contribution in [-0.4, -0.2) is 45.9 Å². The third kappa shape index (κ3) is 3.35. The summed E-state index contributed by atoms with van der Waals surface area (Å²) in [4.78, 5) is 13.7. The number of hydrogen-bond donors (Lipinski definition) is 0. The van der Waals surface area contributed by atoms with Crippen LogP contribution in [0.3, 0.4) is 0 Å². The van der Waals surface area contributed by atoms with Crippen LogP contribution in [-0.2, 0) is 0 Å². The van der Waals surface area contributed by atoms with Crippen molar-refractivity contribution in [2.75, 3.05) is 36.0 Å². The Bertz CT molecular complexity index is 1180. The lowest BCUT2D eigenvalue weighted by molar-refractivity contribution is 0.627. The first-order valence-corrected chi connectivity index (χ1v) is 10.2. The highest BCUT2D eigenvalue weighted by Crippen LogP contribution is 2.29. The van der Waals surface area contributed by atoms with E-state index >= 15 is 0 Å². The Morgan fingerprint density at radius 2 is 1.47 bits per heavy atom. The molecule has 0 amide bonds. The highest BCUT2D eigenvalue weighted by Gasteiger charge is 2.23. The smallest absolute Gasteiger partial charge is 0.168 e. The van der Waals surface area contributed by atoms with E-state index in [2.05, 4.69) is 37.0 Å². The number of fused-ring (bicyclic) bond motifs is 1. The number of benzene rings is 2. The van der Waals surface area contributed by atoms with Crippen molar-refractivity contribution < 1.29 is 4.39 Å². The molecule has 0 spiro atoms. The van der Waals surface area contributed by atoms with Crippen LogP contribution in [0.25, 0.3) is 16.7 Å². The molecule has 0 radical (unpaired) electrons. The van der Waals surface area contributed by atoms with Crippen molar-refractivity contribution in [1.82, 2.24) is 19.7 Å². The fraction of sp³-hybridized carbons (Fsp3) is 0.227. The first-order chi connectivity index (χ1) is 14.6. The summed E-state index contributed by atoms with van der Waals surface area (Å²) in [6.07, 6.45) is 1.57. The minimum Gasteiger partial charge on any atom is -0.368 e. The quantitative estimate of drug-likeness (QED) is 0.494. The number of nitrogens with zero attached hydrogens (tertiary/aromatic N) is 6. The Labute approximate surface area is 178 Å². The molecular weight excluding hydrogens is 403 g/mol. The molecule has 5 rings (SSSR count). The molecule has 6 nitrogen and oxygen atoms in total. The van der Waals surface area contributed by atoms with Crippen LogP contribution >= 0.6 is 11.6 Å². The Balaban J connectivity index is 1.44. The van der Waals surface area contributed by atoms with Crippen LogP contribution in [0.2, 0.25) is 5.02 Å². The van der Waals surface area contributed by atoms with Crippen LogP contribution in [0, 0.1) is 12.7 Å². The van der Waals surface area contributed by atoms with Crippen molar-refractivity contribution in [2.45, 2.75) is 6.92 Å². The Kier molecular flexibility index (Phi) is 4.75. The molecule has 0 aliphatic carbocycles. The predicted octanol–water partition coefficient (Wildman–Crippen LogP) is 4.24. The van der Waals surface area contributed by atoms with Crippen molar-refractivity contribution in [3.63, 3.8) is 0 Å². The van der Waals surface area contributed by atoms with Gasteiger partial charge in [0, 0.05) is 36.9 Å². The number of piperazine rings is 1. The van der Waals surface area contributed by atoms with E-state index in [0.29, 0.717) is 0 Å². The van der Waals surface area contributed by atoms with E-state index in [1.807, 2.05) is 19.1 Å². The summed E-state index contributed by atoms with van der Waals surface area (Å²) < 4.78 is 15.1. The average molecular weight is 423 g/mol. The molecule has 1 aliphatic heterocycles. The first-order valence-electron chi connectivity index (χ1n) is 9.82. The van der Waals surface area contributed by atoms with E-state index in [4.69, 9.17) is 11.6 Å². The van der Waals surface area contributed by atoms with Gasteiger partial charge in [-0.3, -0.25) is 0 Å². The lowest BCUT2D eigenvalue weighted by Gasteiger charge is -2.37. The number of aryl methyl sites for hydroxylation is 1. The van der Waals surface area contributed by atoms with Crippen molar-refractivity contribution >= 4 is 34.1 Å². The molecule has 152 valence electrons. The molecule has 0 saturated carbocycles. The maximum atomic E-state index is 13.3. The van der Waals surface area contributed by atoms with E-state index in [9.17, 15) is 4.39 Å². The number of aromatic nitrogens is 4. The number of anilines is 2. The number of hydrogen-bond acceptors (Lipinski definition) is 5. The average Bonchev–Trinajstić information content (AvgIpc) is 3.12. The summed E-state index contributed by atoms with van der Waals surface area (Å²) in [7, 11) is 0. The monoisotopic (exact) mass is 422 g/mol. The van der Waals surface area contributed by atoms with Crippen LogP contribution in [0.5, 0.6) is 0 Å². The van der Waals surface area contributed by atoms with Gasteiger partial charge in [-0.15, -0.1) is 0 Å². The van der Waals surface area contributed by atoms with Crippen molar-refractivity contribution in [3.8, 4) is 5.69 Å². The fourth-order valence-corrected chi connectivity index (χ4v) is 4.06.